The Morgan fingerprint density at radius 3 is 2.61 bits per heavy atom. The van der Waals surface area contributed by atoms with Crippen LogP contribution in [-0.4, -0.2) is 44.3 Å². The van der Waals surface area contributed by atoms with E-state index >= 15 is 0 Å². The molecule has 1 fully saturated rings. The molecule has 3 aromatic rings. The highest BCUT2D eigenvalue weighted by molar-refractivity contribution is 7.91. The minimum atomic E-state index is -3.75. The summed E-state index contributed by atoms with van der Waals surface area (Å²) >= 11 is 2.34. The van der Waals surface area contributed by atoms with Crippen LogP contribution in [-0.2, 0) is 19.6 Å². The van der Waals surface area contributed by atoms with Crippen molar-refractivity contribution in [2.75, 3.05) is 19.0 Å². The largest absolute Gasteiger partial charge is 0.465 e. The maximum Gasteiger partial charge on any atom is 0.350 e. The molecule has 1 saturated heterocycles. The summed E-state index contributed by atoms with van der Waals surface area (Å²) in [4.78, 5) is 26.4. The van der Waals surface area contributed by atoms with Gasteiger partial charge in [-0.05, 0) is 35.9 Å². The highest BCUT2D eigenvalue weighted by Gasteiger charge is 2.40. The van der Waals surface area contributed by atoms with Crippen molar-refractivity contribution in [1.82, 2.24) is 4.31 Å². The van der Waals surface area contributed by atoms with E-state index in [9.17, 15) is 18.0 Å². The summed E-state index contributed by atoms with van der Waals surface area (Å²) in [6, 6.07) is 13.6. The van der Waals surface area contributed by atoms with Gasteiger partial charge in [0.2, 0.25) is 5.91 Å². The summed E-state index contributed by atoms with van der Waals surface area (Å²) in [5.74, 6) is -1.02. The van der Waals surface area contributed by atoms with Crippen molar-refractivity contribution >= 4 is 50.3 Å². The lowest BCUT2D eigenvalue weighted by Gasteiger charge is -2.22. The van der Waals surface area contributed by atoms with Gasteiger partial charge in [-0.3, -0.25) is 4.79 Å². The Hall–Kier alpha value is -2.53. The number of hydrogen-bond donors (Lipinski definition) is 1. The third-order valence-electron chi connectivity index (χ3n) is 4.98. The number of hydrogen-bond acceptors (Lipinski definition) is 7. The minimum Gasteiger partial charge on any atom is -0.465 e. The van der Waals surface area contributed by atoms with Gasteiger partial charge >= 0.3 is 5.97 Å². The Kier molecular flexibility index (Phi) is 6.24. The molecule has 3 heterocycles. The van der Waals surface area contributed by atoms with Gasteiger partial charge < -0.3 is 10.1 Å². The number of nitrogens with one attached hydrogen (secondary N) is 1. The second kappa shape index (κ2) is 8.91. The summed E-state index contributed by atoms with van der Waals surface area (Å²) < 4.78 is 32.2. The third kappa shape index (κ3) is 4.29. The molecule has 4 rings (SSSR count). The van der Waals surface area contributed by atoms with Crippen LogP contribution in [0.2, 0.25) is 0 Å². The van der Waals surface area contributed by atoms with Crippen LogP contribution in [0.5, 0.6) is 0 Å². The van der Waals surface area contributed by atoms with Gasteiger partial charge in [-0.15, -0.1) is 22.7 Å². The van der Waals surface area contributed by atoms with Crippen LogP contribution < -0.4 is 5.32 Å². The number of benzene rings is 1. The van der Waals surface area contributed by atoms with E-state index in [0.717, 1.165) is 21.8 Å². The van der Waals surface area contributed by atoms with E-state index in [-0.39, 0.29) is 15.6 Å². The van der Waals surface area contributed by atoms with Gasteiger partial charge in [-0.2, -0.15) is 4.31 Å². The molecule has 162 valence electrons. The van der Waals surface area contributed by atoms with Crippen molar-refractivity contribution in [3.05, 3.63) is 58.8 Å². The van der Waals surface area contributed by atoms with Gasteiger partial charge in [-0.1, -0.05) is 36.4 Å². The molecule has 7 nitrogen and oxygen atoms in total. The monoisotopic (exact) mass is 476 g/mol. The highest BCUT2D eigenvalue weighted by Crippen LogP contribution is 2.36. The molecule has 0 spiro atoms. The number of rotatable bonds is 6. The highest BCUT2D eigenvalue weighted by atomic mass is 32.2. The quantitative estimate of drug-likeness (QED) is 0.542. The molecule has 1 N–H and O–H groups in total. The number of thiophene rings is 2. The zero-order valence-corrected chi connectivity index (χ0v) is 19.1. The van der Waals surface area contributed by atoms with Crippen LogP contribution in [0, 0.1) is 0 Å². The summed E-state index contributed by atoms with van der Waals surface area (Å²) in [6.45, 7) is 0.279. The van der Waals surface area contributed by atoms with E-state index in [2.05, 4.69) is 5.32 Å². The van der Waals surface area contributed by atoms with Crippen LogP contribution in [0.15, 0.2) is 58.1 Å². The molecule has 10 heteroatoms. The number of amides is 1. The number of nitrogens with zero attached hydrogens (tertiary/aromatic N) is 1. The number of anilines is 1. The summed E-state index contributed by atoms with van der Waals surface area (Å²) in [6.07, 6.45) is 1.01. The molecule has 0 aliphatic carbocycles. The number of sulfonamides is 1. The molecule has 0 radical (unpaired) electrons. The van der Waals surface area contributed by atoms with Crippen LogP contribution in [0.1, 0.15) is 22.5 Å². The fourth-order valence-electron chi connectivity index (χ4n) is 3.50. The first-order valence-electron chi connectivity index (χ1n) is 9.55. The Bertz CT molecular complexity index is 1190. The maximum absolute atomic E-state index is 13.1. The fraction of sp³-hybridized carbons (Fsp3) is 0.238. The lowest BCUT2D eigenvalue weighted by Crippen LogP contribution is -2.42. The van der Waals surface area contributed by atoms with Gasteiger partial charge in [0.25, 0.3) is 10.0 Å². The molecule has 31 heavy (non-hydrogen) atoms. The molecular formula is C21H20N2O5S3. The molecule has 1 aliphatic heterocycles. The Morgan fingerprint density at radius 1 is 1.16 bits per heavy atom. The third-order valence-corrected chi connectivity index (χ3v) is 9.43. The summed E-state index contributed by atoms with van der Waals surface area (Å²) in [5, 5.41) is 4.46. The molecule has 0 saturated carbocycles. The van der Waals surface area contributed by atoms with E-state index in [1.54, 1.807) is 17.5 Å². The lowest BCUT2D eigenvalue weighted by atomic mass is 10.2. The van der Waals surface area contributed by atoms with Gasteiger partial charge in [0.15, 0.2) is 0 Å². The van der Waals surface area contributed by atoms with E-state index in [1.807, 2.05) is 30.3 Å². The molecule has 1 aliphatic rings. The first-order chi connectivity index (χ1) is 14.9. The van der Waals surface area contributed by atoms with Gasteiger partial charge in [0.1, 0.15) is 15.1 Å². The molecule has 1 amide bonds. The molecule has 2 aromatic heterocycles. The van der Waals surface area contributed by atoms with E-state index in [4.69, 9.17) is 4.74 Å². The standard InChI is InChI=1S/C21H20N2O5S3/c1-28-21(25)19-15(13-17(30-19)14-7-3-2-4-8-14)22-20(24)16-9-5-11-23(16)31(26,27)18-10-6-12-29-18/h2-4,6-8,10,12-13,16H,5,9,11H2,1H3,(H,22,24)/t16-/m0/s1. The minimum absolute atomic E-state index is 0.212. The van der Waals surface area contributed by atoms with E-state index in [0.29, 0.717) is 18.5 Å². The van der Waals surface area contributed by atoms with Crippen molar-refractivity contribution in [2.45, 2.75) is 23.1 Å². The fourth-order valence-corrected chi connectivity index (χ4v) is 7.32. The van der Waals surface area contributed by atoms with E-state index in [1.165, 1.54) is 28.8 Å². The summed E-state index contributed by atoms with van der Waals surface area (Å²) in [5.41, 5.74) is 1.22. The van der Waals surface area contributed by atoms with Crippen molar-refractivity contribution in [2.24, 2.45) is 0 Å². The number of carbonyl (C=O) groups excluding carboxylic acids is 2. The summed E-state index contributed by atoms with van der Waals surface area (Å²) in [7, 11) is -2.47. The Morgan fingerprint density at radius 2 is 1.94 bits per heavy atom. The average molecular weight is 477 g/mol. The number of methoxy groups -OCH3 is 1. The predicted octanol–water partition coefficient (Wildman–Crippen LogP) is 4.06. The average Bonchev–Trinajstić information content (AvgIpc) is 3.54. The first-order valence-corrected chi connectivity index (χ1v) is 12.7. The number of carbonyl (C=O) groups is 2. The Labute approximate surface area is 188 Å². The first kappa shape index (κ1) is 21.7. The number of ether oxygens (including phenoxy) is 1. The molecule has 1 atom stereocenters. The van der Waals surface area contributed by atoms with Gasteiger partial charge in [0.05, 0.1) is 12.8 Å². The van der Waals surface area contributed by atoms with Crippen LogP contribution in [0.3, 0.4) is 0 Å². The maximum atomic E-state index is 13.1. The predicted molar refractivity (Wildman–Crippen MR) is 121 cm³/mol. The molecular weight excluding hydrogens is 456 g/mol. The molecule has 0 bridgehead atoms. The Balaban J connectivity index is 1.62. The van der Waals surface area contributed by atoms with Gasteiger partial charge in [-0.25, -0.2) is 13.2 Å². The zero-order chi connectivity index (χ0) is 22.0. The number of esters is 1. The SMILES string of the molecule is COC(=O)c1sc(-c2ccccc2)cc1NC(=O)[C@@H]1CCCN1S(=O)(=O)c1cccs1. The molecule has 1 aromatic carbocycles. The van der Waals surface area contributed by atoms with Crippen molar-refractivity contribution in [1.29, 1.82) is 0 Å². The second-order valence-electron chi connectivity index (χ2n) is 6.91. The normalized spacial score (nSPS) is 16.9. The zero-order valence-electron chi connectivity index (χ0n) is 16.6. The van der Waals surface area contributed by atoms with Crippen molar-refractivity contribution < 1.29 is 22.7 Å². The van der Waals surface area contributed by atoms with Crippen LogP contribution >= 0.6 is 22.7 Å². The smallest absolute Gasteiger partial charge is 0.350 e. The van der Waals surface area contributed by atoms with Crippen LogP contribution in [0.4, 0.5) is 5.69 Å². The van der Waals surface area contributed by atoms with Crippen molar-refractivity contribution in [3.63, 3.8) is 0 Å². The van der Waals surface area contributed by atoms with Crippen LogP contribution in [0.25, 0.3) is 10.4 Å². The molecule has 0 unspecified atom stereocenters. The van der Waals surface area contributed by atoms with Crippen molar-refractivity contribution in [3.8, 4) is 10.4 Å². The second-order valence-corrected chi connectivity index (χ2v) is 11.0. The lowest BCUT2D eigenvalue weighted by molar-refractivity contribution is -0.119. The topological polar surface area (TPSA) is 92.8 Å². The van der Waals surface area contributed by atoms with E-state index < -0.39 is 27.9 Å². The van der Waals surface area contributed by atoms with Gasteiger partial charge in [0, 0.05) is 11.4 Å².